The third-order valence-electron chi connectivity index (χ3n) is 3.57. The van der Waals surface area contributed by atoms with E-state index in [1.807, 2.05) is 0 Å². The van der Waals surface area contributed by atoms with Crippen LogP contribution in [0.1, 0.15) is 33.1 Å². The monoisotopic (exact) mass is 349 g/mol. The smallest absolute Gasteiger partial charge is 0.292 e. The van der Waals surface area contributed by atoms with Gasteiger partial charge >= 0.3 is 6.18 Å². The molecule has 1 atom stereocenters. The fourth-order valence-corrected chi connectivity index (χ4v) is 2.25. The van der Waals surface area contributed by atoms with Crippen molar-refractivity contribution in [1.29, 1.82) is 5.26 Å². The number of ketones is 1. The number of carbonyl (C=O) groups excluding carboxylic acids is 1. The molecule has 0 radical (unpaired) electrons. The van der Waals surface area contributed by atoms with Crippen LogP contribution < -0.4 is 0 Å². The van der Waals surface area contributed by atoms with Gasteiger partial charge in [0.25, 0.3) is 5.69 Å². The van der Waals surface area contributed by atoms with Crippen LogP contribution in [-0.4, -0.2) is 15.7 Å². The first-order valence-electron chi connectivity index (χ1n) is 6.87. The number of nitro groups is 1. The second-order valence-electron chi connectivity index (χ2n) is 5.10. The largest absolute Gasteiger partial charge is 0.417 e. The second-order valence-corrected chi connectivity index (χ2v) is 5.10. The lowest BCUT2D eigenvalue weighted by Gasteiger charge is -2.11. The van der Waals surface area contributed by atoms with Gasteiger partial charge in [0.2, 0.25) is 0 Å². The Morgan fingerprint density at radius 3 is 2.48 bits per heavy atom. The lowest BCUT2D eigenvalue weighted by Crippen LogP contribution is -2.15. The maximum atomic E-state index is 12.6. The number of alkyl halides is 3. The molecule has 2 aromatic rings. The van der Waals surface area contributed by atoms with E-state index >= 15 is 0 Å². The molecule has 1 aromatic carbocycles. The molecule has 0 aliphatic heterocycles. The molecule has 0 saturated heterocycles. The zero-order valence-corrected chi connectivity index (χ0v) is 12.7. The summed E-state index contributed by atoms with van der Waals surface area (Å²) < 4.78 is 37.7. The van der Waals surface area contributed by atoms with Crippen LogP contribution >= 0.6 is 0 Å². The molecule has 1 aromatic heterocycles. The van der Waals surface area contributed by atoms with Crippen LogP contribution in [0.4, 0.5) is 18.9 Å². The van der Waals surface area contributed by atoms with E-state index in [0.29, 0.717) is 6.20 Å². The fourth-order valence-electron chi connectivity index (χ4n) is 2.25. The number of rotatable bonds is 4. The molecule has 0 aliphatic carbocycles. The normalized spacial score (nSPS) is 12.3. The molecule has 0 amide bonds. The van der Waals surface area contributed by atoms with E-state index in [1.54, 1.807) is 6.07 Å². The third-order valence-corrected chi connectivity index (χ3v) is 3.57. The lowest BCUT2D eigenvalue weighted by atomic mass is 9.92. The van der Waals surface area contributed by atoms with Crippen LogP contribution in [0.2, 0.25) is 0 Å². The summed E-state index contributed by atoms with van der Waals surface area (Å²) in [5.41, 5.74) is -1.44. The summed E-state index contributed by atoms with van der Waals surface area (Å²) >= 11 is 0. The Balaban J connectivity index is 2.42. The summed E-state index contributed by atoms with van der Waals surface area (Å²) in [6.07, 6.45) is -4.05. The van der Waals surface area contributed by atoms with Gasteiger partial charge in [0.05, 0.1) is 22.2 Å². The van der Waals surface area contributed by atoms with E-state index in [4.69, 9.17) is 0 Å². The van der Waals surface area contributed by atoms with E-state index in [-0.39, 0.29) is 22.5 Å². The Labute approximate surface area is 139 Å². The van der Waals surface area contributed by atoms with E-state index in [1.165, 1.54) is 25.1 Å². The number of pyridine rings is 1. The zero-order chi connectivity index (χ0) is 18.8. The first kappa shape index (κ1) is 18.1. The van der Waals surface area contributed by atoms with Gasteiger partial charge in [-0.25, -0.2) is 0 Å². The van der Waals surface area contributed by atoms with E-state index in [9.17, 15) is 33.3 Å². The number of aromatic nitrogens is 1. The maximum absolute atomic E-state index is 12.6. The Morgan fingerprint density at radius 1 is 1.32 bits per heavy atom. The Hall–Kier alpha value is -3.28. The van der Waals surface area contributed by atoms with Gasteiger partial charge in [-0.1, -0.05) is 12.1 Å². The van der Waals surface area contributed by atoms with Gasteiger partial charge in [-0.2, -0.15) is 18.4 Å². The van der Waals surface area contributed by atoms with Gasteiger partial charge in [-0.3, -0.25) is 19.9 Å². The molecule has 0 aliphatic rings. The minimum atomic E-state index is -4.59. The number of halogens is 3. The van der Waals surface area contributed by atoms with Gasteiger partial charge in [-0.05, 0) is 19.1 Å². The van der Waals surface area contributed by atoms with E-state index in [0.717, 1.165) is 12.1 Å². The molecule has 0 saturated carbocycles. The highest BCUT2D eigenvalue weighted by atomic mass is 19.4. The molecule has 0 N–H and O–H groups in total. The summed E-state index contributed by atoms with van der Waals surface area (Å²) in [6.45, 7) is 1.36. The van der Waals surface area contributed by atoms with Crippen molar-refractivity contribution < 1.29 is 22.9 Å². The number of nitriles is 1. The highest BCUT2D eigenvalue weighted by Crippen LogP contribution is 2.30. The average Bonchev–Trinajstić information content (AvgIpc) is 2.55. The minimum absolute atomic E-state index is 0.0533. The molecule has 1 unspecified atom stereocenters. The van der Waals surface area contributed by atoms with Crippen LogP contribution in [0.15, 0.2) is 36.5 Å². The molecule has 25 heavy (non-hydrogen) atoms. The molecule has 6 nitrogen and oxygen atoms in total. The third kappa shape index (κ3) is 3.63. The molecular weight excluding hydrogens is 339 g/mol. The van der Waals surface area contributed by atoms with Crippen molar-refractivity contribution in [3.05, 3.63) is 69.0 Å². The highest BCUT2D eigenvalue weighted by molar-refractivity contribution is 6.04. The van der Waals surface area contributed by atoms with Crippen molar-refractivity contribution in [2.75, 3.05) is 0 Å². The van der Waals surface area contributed by atoms with Crippen LogP contribution in [0.3, 0.4) is 0 Å². The summed E-state index contributed by atoms with van der Waals surface area (Å²) in [5.74, 6) is -2.24. The number of hydrogen-bond donors (Lipinski definition) is 0. The first-order valence-corrected chi connectivity index (χ1v) is 6.87. The molecular formula is C16H10F3N3O3. The molecule has 1 heterocycles. The SMILES string of the molecule is Cc1c(C(=O)C(C#N)c2ccc(C(F)(F)F)cn2)cccc1[N+](=O)[O-]. The Morgan fingerprint density at radius 2 is 2.00 bits per heavy atom. The van der Waals surface area contributed by atoms with Gasteiger partial charge in [0.15, 0.2) is 11.7 Å². The number of carbonyl (C=O) groups is 1. The molecule has 9 heteroatoms. The van der Waals surface area contributed by atoms with Crippen molar-refractivity contribution in [2.24, 2.45) is 0 Å². The number of Topliss-reactive ketones (excluding diaryl/α,β-unsaturated/α-hetero) is 1. The van der Waals surface area contributed by atoms with Crippen molar-refractivity contribution >= 4 is 11.5 Å². The summed E-state index contributed by atoms with van der Waals surface area (Å²) in [4.78, 5) is 26.4. The Bertz CT molecular complexity index is 871. The number of hydrogen-bond acceptors (Lipinski definition) is 5. The fraction of sp³-hybridized carbons (Fsp3) is 0.188. The van der Waals surface area contributed by atoms with Gasteiger partial charge < -0.3 is 0 Å². The van der Waals surface area contributed by atoms with E-state index < -0.39 is 28.4 Å². The van der Waals surface area contributed by atoms with Gasteiger partial charge in [0.1, 0.15) is 0 Å². The average molecular weight is 349 g/mol. The summed E-state index contributed by atoms with van der Waals surface area (Å²) in [7, 11) is 0. The standard InChI is InChI=1S/C16H10F3N3O3/c1-9-11(3-2-4-14(9)22(24)25)15(23)12(7-20)13-6-5-10(8-21-13)16(17,18)19/h2-6,8,12H,1H3. The molecule has 0 bridgehead atoms. The van der Waals surface area contributed by atoms with E-state index in [2.05, 4.69) is 4.98 Å². The van der Waals surface area contributed by atoms with Crippen LogP contribution in [0.25, 0.3) is 0 Å². The van der Waals surface area contributed by atoms with Crippen molar-refractivity contribution in [3.63, 3.8) is 0 Å². The van der Waals surface area contributed by atoms with Crippen LogP contribution in [0, 0.1) is 28.4 Å². The summed E-state index contributed by atoms with van der Waals surface area (Å²) in [6, 6.07) is 7.19. The van der Waals surface area contributed by atoms with Crippen molar-refractivity contribution in [2.45, 2.75) is 19.0 Å². The first-order chi connectivity index (χ1) is 11.7. The van der Waals surface area contributed by atoms with Gasteiger partial charge in [0, 0.05) is 23.4 Å². The zero-order valence-electron chi connectivity index (χ0n) is 12.7. The molecule has 0 spiro atoms. The highest BCUT2D eigenvalue weighted by Gasteiger charge is 2.32. The number of nitrogens with zero attached hydrogens (tertiary/aromatic N) is 3. The quantitative estimate of drug-likeness (QED) is 0.475. The lowest BCUT2D eigenvalue weighted by molar-refractivity contribution is -0.385. The minimum Gasteiger partial charge on any atom is -0.292 e. The van der Waals surface area contributed by atoms with Crippen LogP contribution in [-0.2, 0) is 6.18 Å². The number of benzene rings is 1. The van der Waals surface area contributed by atoms with Crippen LogP contribution in [0.5, 0.6) is 0 Å². The van der Waals surface area contributed by atoms with Crippen molar-refractivity contribution in [3.8, 4) is 6.07 Å². The molecule has 128 valence electrons. The summed E-state index contributed by atoms with van der Waals surface area (Å²) in [5, 5.41) is 20.2. The molecule has 0 fully saturated rings. The molecule has 2 rings (SSSR count). The topological polar surface area (TPSA) is 96.9 Å². The second kappa shape index (κ2) is 6.68. The predicted molar refractivity (Wildman–Crippen MR) is 79.8 cm³/mol. The predicted octanol–water partition coefficient (Wildman–Crippen LogP) is 3.81. The van der Waals surface area contributed by atoms with Crippen molar-refractivity contribution in [1.82, 2.24) is 4.98 Å². The number of nitro benzene ring substituents is 1. The van der Waals surface area contributed by atoms with Gasteiger partial charge in [-0.15, -0.1) is 0 Å². The Kier molecular flexibility index (Phi) is 4.83. The maximum Gasteiger partial charge on any atom is 0.417 e.